The van der Waals surface area contributed by atoms with Gasteiger partial charge in [-0.3, -0.25) is 0 Å². The SMILES string of the molecule is COc1ccc(/C(=C/c2cccs2)C(=O)O)cc1C. The van der Waals surface area contributed by atoms with E-state index in [1.165, 1.54) is 11.3 Å². The molecule has 0 fully saturated rings. The Morgan fingerprint density at radius 1 is 1.37 bits per heavy atom. The van der Waals surface area contributed by atoms with Gasteiger partial charge < -0.3 is 9.84 Å². The highest BCUT2D eigenvalue weighted by Crippen LogP contribution is 2.26. The molecule has 4 heteroatoms. The normalized spacial score (nSPS) is 11.4. The Morgan fingerprint density at radius 3 is 2.68 bits per heavy atom. The molecule has 1 aromatic heterocycles. The van der Waals surface area contributed by atoms with Crippen LogP contribution in [0.5, 0.6) is 5.75 Å². The number of aliphatic carboxylic acids is 1. The Morgan fingerprint density at radius 2 is 2.16 bits per heavy atom. The lowest BCUT2D eigenvalue weighted by Gasteiger charge is -2.08. The second-order valence-corrected chi connectivity index (χ2v) is 5.04. The van der Waals surface area contributed by atoms with Crippen LogP contribution in [0.4, 0.5) is 0 Å². The molecule has 0 unspecified atom stereocenters. The summed E-state index contributed by atoms with van der Waals surface area (Å²) < 4.78 is 5.18. The molecule has 1 aromatic carbocycles. The van der Waals surface area contributed by atoms with Crippen molar-refractivity contribution in [3.63, 3.8) is 0 Å². The Bertz CT molecular complexity index is 612. The van der Waals surface area contributed by atoms with Crippen molar-refractivity contribution in [2.24, 2.45) is 0 Å². The number of carboxylic acids is 1. The Hall–Kier alpha value is -2.07. The van der Waals surface area contributed by atoms with Crippen LogP contribution in [0.15, 0.2) is 35.7 Å². The van der Waals surface area contributed by atoms with Gasteiger partial charge in [-0.15, -0.1) is 11.3 Å². The van der Waals surface area contributed by atoms with Gasteiger partial charge in [0.15, 0.2) is 0 Å². The molecular weight excluding hydrogens is 260 g/mol. The van der Waals surface area contributed by atoms with E-state index in [9.17, 15) is 9.90 Å². The standard InChI is InChI=1S/C15H14O3S/c1-10-8-11(5-6-14(10)18-2)13(15(16)17)9-12-4-3-7-19-12/h3-9H,1-2H3,(H,16,17)/b13-9-. The van der Waals surface area contributed by atoms with E-state index in [1.807, 2.05) is 30.5 Å². The summed E-state index contributed by atoms with van der Waals surface area (Å²) in [5.41, 5.74) is 1.88. The van der Waals surface area contributed by atoms with Crippen LogP contribution in [-0.2, 0) is 4.79 Å². The summed E-state index contributed by atoms with van der Waals surface area (Å²) in [4.78, 5) is 12.3. The van der Waals surface area contributed by atoms with Gasteiger partial charge in [-0.2, -0.15) is 0 Å². The van der Waals surface area contributed by atoms with Crippen LogP contribution >= 0.6 is 11.3 Å². The second-order valence-electron chi connectivity index (χ2n) is 4.06. The monoisotopic (exact) mass is 274 g/mol. The van der Waals surface area contributed by atoms with Crippen molar-refractivity contribution in [1.82, 2.24) is 0 Å². The van der Waals surface area contributed by atoms with Gasteiger partial charge in [0, 0.05) is 4.88 Å². The van der Waals surface area contributed by atoms with Crippen LogP contribution in [0.2, 0.25) is 0 Å². The minimum Gasteiger partial charge on any atom is -0.496 e. The molecule has 0 atom stereocenters. The van der Waals surface area contributed by atoms with Crippen molar-refractivity contribution in [3.05, 3.63) is 51.7 Å². The van der Waals surface area contributed by atoms with Gasteiger partial charge in [0.25, 0.3) is 0 Å². The number of thiophene rings is 1. The highest BCUT2D eigenvalue weighted by Gasteiger charge is 2.12. The lowest BCUT2D eigenvalue weighted by atomic mass is 10.0. The maximum absolute atomic E-state index is 11.4. The van der Waals surface area contributed by atoms with Crippen molar-refractivity contribution in [2.75, 3.05) is 7.11 Å². The van der Waals surface area contributed by atoms with E-state index < -0.39 is 5.97 Å². The van der Waals surface area contributed by atoms with Crippen LogP contribution in [0, 0.1) is 6.92 Å². The first kappa shape index (κ1) is 13.4. The van der Waals surface area contributed by atoms with E-state index in [4.69, 9.17) is 4.74 Å². The first-order valence-corrected chi connectivity index (χ1v) is 6.63. The largest absolute Gasteiger partial charge is 0.496 e. The second kappa shape index (κ2) is 5.71. The number of methoxy groups -OCH3 is 1. The van der Waals surface area contributed by atoms with E-state index >= 15 is 0 Å². The number of carbonyl (C=O) groups is 1. The molecular formula is C15H14O3S. The highest BCUT2D eigenvalue weighted by molar-refractivity contribution is 7.10. The molecule has 98 valence electrons. The van der Waals surface area contributed by atoms with Crippen molar-refractivity contribution in [1.29, 1.82) is 0 Å². The molecule has 0 radical (unpaired) electrons. The molecule has 0 aliphatic heterocycles. The van der Waals surface area contributed by atoms with Crippen LogP contribution in [0.3, 0.4) is 0 Å². The fourth-order valence-corrected chi connectivity index (χ4v) is 2.49. The average molecular weight is 274 g/mol. The molecule has 1 N–H and O–H groups in total. The summed E-state index contributed by atoms with van der Waals surface area (Å²) >= 11 is 1.51. The fourth-order valence-electron chi connectivity index (χ4n) is 1.83. The predicted molar refractivity (Wildman–Crippen MR) is 77.6 cm³/mol. The van der Waals surface area contributed by atoms with Crippen LogP contribution in [0.1, 0.15) is 16.0 Å². The number of rotatable bonds is 4. The fraction of sp³-hybridized carbons (Fsp3) is 0.133. The van der Waals surface area contributed by atoms with Crippen molar-refractivity contribution >= 4 is 29.0 Å². The van der Waals surface area contributed by atoms with Crippen LogP contribution in [-0.4, -0.2) is 18.2 Å². The van der Waals surface area contributed by atoms with E-state index in [0.717, 1.165) is 16.2 Å². The minimum absolute atomic E-state index is 0.285. The summed E-state index contributed by atoms with van der Waals surface area (Å²) in [5, 5.41) is 11.3. The topological polar surface area (TPSA) is 46.5 Å². The third-order valence-electron chi connectivity index (χ3n) is 2.77. The summed E-state index contributed by atoms with van der Waals surface area (Å²) in [6.07, 6.45) is 1.69. The van der Waals surface area contributed by atoms with Gasteiger partial charge >= 0.3 is 5.97 Å². The van der Waals surface area contributed by atoms with Gasteiger partial charge in [0.05, 0.1) is 12.7 Å². The van der Waals surface area contributed by atoms with Gasteiger partial charge in [-0.1, -0.05) is 12.1 Å². The molecule has 0 spiro atoms. The van der Waals surface area contributed by atoms with Gasteiger partial charge in [-0.05, 0) is 47.7 Å². The third kappa shape index (κ3) is 3.03. The first-order valence-electron chi connectivity index (χ1n) is 5.75. The molecule has 0 bridgehead atoms. The lowest BCUT2D eigenvalue weighted by Crippen LogP contribution is -2.00. The number of hydrogen-bond donors (Lipinski definition) is 1. The van der Waals surface area contributed by atoms with E-state index in [1.54, 1.807) is 25.3 Å². The number of ether oxygens (including phenoxy) is 1. The lowest BCUT2D eigenvalue weighted by molar-refractivity contribution is -0.130. The molecule has 0 aliphatic rings. The minimum atomic E-state index is -0.932. The maximum atomic E-state index is 11.4. The number of aryl methyl sites for hydroxylation is 1. The average Bonchev–Trinajstić information content (AvgIpc) is 2.88. The van der Waals surface area contributed by atoms with Crippen molar-refractivity contribution < 1.29 is 14.6 Å². The molecule has 2 aromatic rings. The molecule has 0 amide bonds. The van der Waals surface area contributed by atoms with Crippen molar-refractivity contribution in [2.45, 2.75) is 6.92 Å². The number of carboxylic acid groups (broad SMARTS) is 1. The maximum Gasteiger partial charge on any atom is 0.336 e. The summed E-state index contributed by atoms with van der Waals surface area (Å²) in [5.74, 6) is -0.178. The van der Waals surface area contributed by atoms with Gasteiger partial charge in [0.2, 0.25) is 0 Å². The third-order valence-corrected chi connectivity index (χ3v) is 3.59. The summed E-state index contributed by atoms with van der Waals surface area (Å²) in [7, 11) is 1.60. The van der Waals surface area contributed by atoms with Crippen LogP contribution in [0.25, 0.3) is 11.6 Å². The molecule has 0 saturated carbocycles. The zero-order valence-electron chi connectivity index (χ0n) is 10.7. The summed E-state index contributed by atoms with van der Waals surface area (Å²) in [6, 6.07) is 9.17. The van der Waals surface area contributed by atoms with E-state index in [2.05, 4.69) is 0 Å². The highest BCUT2D eigenvalue weighted by atomic mass is 32.1. The number of benzene rings is 1. The molecule has 1 heterocycles. The van der Waals surface area contributed by atoms with E-state index in [0.29, 0.717) is 5.56 Å². The van der Waals surface area contributed by atoms with E-state index in [-0.39, 0.29) is 5.57 Å². The molecule has 0 aliphatic carbocycles. The van der Waals surface area contributed by atoms with Gasteiger partial charge in [-0.25, -0.2) is 4.79 Å². The Kier molecular flexibility index (Phi) is 4.02. The smallest absolute Gasteiger partial charge is 0.336 e. The van der Waals surface area contributed by atoms with Crippen LogP contribution < -0.4 is 4.74 Å². The first-order chi connectivity index (χ1) is 9.11. The molecule has 0 saturated heterocycles. The zero-order chi connectivity index (χ0) is 13.8. The van der Waals surface area contributed by atoms with Crippen molar-refractivity contribution in [3.8, 4) is 5.75 Å². The summed E-state index contributed by atoms with van der Waals surface area (Å²) in [6.45, 7) is 1.90. The molecule has 19 heavy (non-hydrogen) atoms. The Balaban J connectivity index is 2.46. The molecule has 2 rings (SSSR count). The quantitative estimate of drug-likeness (QED) is 0.865. The number of hydrogen-bond acceptors (Lipinski definition) is 3. The zero-order valence-corrected chi connectivity index (χ0v) is 11.5. The predicted octanol–water partition coefficient (Wildman–Crippen LogP) is 3.69. The molecule has 3 nitrogen and oxygen atoms in total. The Labute approximate surface area is 115 Å². The van der Waals surface area contributed by atoms with Gasteiger partial charge in [0.1, 0.15) is 5.75 Å².